The molecule has 0 N–H and O–H groups in total. The van der Waals surface area contributed by atoms with Crippen LogP contribution in [0.5, 0.6) is 0 Å². The highest BCUT2D eigenvalue weighted by atomic mass is 16.7. The first kappa shape index (κ1) is 11.0. The Morgan fingerprint density at radius 3 is 2.60 bits per heavy atom. The Labute approximate surface area is 89.9 Å². The molecule has 2 aliphatic heterocycles. The van der Waals surface area contributed by atoms with E-state index in [1.165, 1.54) is 0 Å². The van der Waals surface area contributed by atoms with Crippen LogP contribution in [0, 0.1) is 0 Å². The van der Waals surface area contributed by atoms with E-state index in [2.05, 4.69) is 0 Å². The number of ketones is 1. The van der Waals surface area contributed by atoms with Crippen molar-refractivity contribution >= 4 is 5.78 Å². The summed E-state index contributed by atoms with van der Waals surface area (Å²) < 4.78 is 16.1. The zero-order valence-electron chi connectivity index (χ0n) is 9.32. The first-order valence-electron chi connectivity index (χ1n) is 5.61. The van der Waals surface area contributed by atoms with Gasteiger partial charge in [0.25, 0.3) is 0 Å². The van der Waals surface area contributed by atoms with Gasteiger partial charge in [0, 0.05) is 12.8 Å². The van der Waals surface area contributed by atoms with Gasteiger partial charge in [-0.05, 0) is 13.3 Å². The molecule has 2 heterocycles. The lowest BCUT2D eigenvalue weighted by molar-refractivity contribution is -0.151. The number of carbonyl (C=O) groups excluding carboxylic acids is 1. The number of rotatable bonds is 5. The molecule has 4 nitrogen and oxygen atoms in total. The van der Waals surface area contributed by atoms with E-state index in [0.717, 1.165) is 6.42 Å². The molecule has 0 saturated carbocycles. The van der Waals surface area contributed by atoms with Gasteiger partial charge in [-0.25, -0.2) is 0 Å². The predicted molar refractivity (Wildman–Crippen MR) is 53.5 cm³/mol. The largest absolute Gasteiger partial charge is 0.361 e. The van der Waals surface area contributed by atoms with Crippen molar-refractivity contribution in [2.45, 2.75) is 51.1 Å². The molecule has 2 atom stereocenters. The third kappa shape index (κ3) is 2.56. The zero-order valence-corrected chi connectivity index (χ0v) is 9.32. The fourth-order valence-electron chi connectivity index (χ4n) is 1.93. The summed E-state index contributed by atoms with van der Waals surface area (Å²) in [5.41, 5.74) is 0. The molecule has 0 aromatic heterocycles. The summed E-state index contributed by atoms with van der Waals surface area (Å²) in [7, 11) is 0. The number of Topliss-reactive ketones (excluding diaryl/α,β-unsaturated/α-hetero) is 1. The first-order chi connectivity index (χ1) is 7.14. The fraction of sp³-hybridized carbons (Fsp3) is 0.909. The van der Waals surface area contributed by atoms with E-state index in [-0.39, 0.29) is 18.0 Å². The normalized spacial score (nSPS) is 32.9. The molecule has 0 amide bonds. The van der Waals surface area contributed by atoms with Crippen LogP contribution < -0.4 is 0 Å². The maximum Gasteiger partial charge on any atom is 0.166 e. The quantitative estimate of drug-likeness (QED) is 0.647. The second kappa shape index (κ2) is 4.20. The first-order valence-corrected chi connectivity index (χ1v) is 5.61. The lowest BCUT2D eigenvalue weighted by atomic mass is 10.1. The molecule has 0 unspecified atom stereocenters. The third-order valence-corrected chi connectivity index (χ3v) is 3.03. The molecule has 86 valence electrons. The Bertz CT molecular complexity index is 245. The van der Waals surface area contributed by atoms with Crippen LogP contribution in [-0.4, -0.2) is 37.0 Å². The van der Waals surface area contributed by atoms with Crippen LogP contribution in [0.25, 0.3) is 0 Å². The molecule has 0 bridgehead atoms. The van der Waals surface area contributed by atoms with Crippen molar-refractivity contribution in [2.24, 2.45) is 0 Å². The molecular weight excluding hydrogens is 196 g/mol. The van der Waals surface area contributed by atoms with Gasteiger partial charge >= 0.3 is 0 Å². The van der Waals surface area contributed by atoms with Crippen molar-refractivity contribution in [2.75, 3.05) is 13.2 Å². The second-order valence-electron chi connectivity index (χ2n) is 4.30. The van der Waals surface area contributed by atoms with E-state index < -0.39 is 5.79 Å². The Morgan fingerprint density at radius 2 is 2.07 bits per heavy atom. The zero-order chi connectivity index (χ0) is 10.9. The Morgan fingerprint density at radius 1 is 1.40 bits per heavy atom. The topological polar surface area (TPSA) is 48.1 Å². The molecule has 2 aliphatic rings. The number of hydrogen-bond acceptors (Lipinski definition) is 4. The predicted octanol–water partition coefficient (Wildman–Crippen LogP) is 1.28. The smallest absolute Gasteiger partial charge is 0.166 e. The van der Waals surface area contributed by atoms with Crippen molar-refractivity contribution in [3.05, 3.63) is 0 Å². The summed E-state index contributed by atoms with van der Waals surface area (Å²) in [5.74, 6) is -0.367. The maximum absolute atomic E-state index is 11.6. The Kier molecular flexibility index (Phi) is 3.09. The highest BCUT2D eigenvalue weighted by Crippen LogP contribution is 2.30. The number of epoxide rings is 1. The second-order valence-corrected chi connectivity index (χ2v) is 4.30. The van der Waals surface area contributed by atoms with Crippen molar-refractivity contribution in [1.29, 1.82) is 0 Å². The molecule has 4 heteroatoms. The molecule has 2 rings (SSSR count). The fourth-order valence-corrected chi connectivity index (χ4v) is 1.93. The molecule has 2 fully saturated rings. The highest BCUT2D eigenvalue weighted by Gasteiger charge is 2.43. The van der Waals surface area contributed by atoms with Gasteiger partial charge in [-0.2, -0.15) is 0 Å². The molecule has 0 radical (unpaired) electrons. The number of hydrogen-bond donors (Lipinski definition) is 0. The molecule has 0 aromatic rings. The van der Waals surface area contributed by atoms with Crippen LogP contribution in [0.1, 0.15) is 33.1 Å². The van der Waals surface area contributed by atoms with E-state index in [1.807, 2.05) is 13.8 Å². The van der Waals surface area contributed by atoms with Crippen LogP contribution in [0.15, 0.2) is 0 Å². The van der Waals surface area contributed by atoms with Crippen molar-refractivity contribution < 1.29 is 19.0 Å². The van der Waals surface area contributed by atoms with Gasteiger partial charge in [0.2, 0.25) is 0 Å². The third-order valence-electron chi connectivity index (χ3n) is 3.03. The summed E-state index contributed by atoms with van der Waals surface area (Å²) in [5, 5.41) is 0. The van der Waals surface area contributed by atoms with E-state index in [0.29, 0.717) is 26.1 Å². The summed E-state index contributed by atoms with van der Waals surface area (Å²) in [6.45, 7) is 5.17. The molecule has 0 aromatic carbocycles. The van der Waals surface area contributed by atoms with Gasteiger partial charge in [0.05, 0.1) is 19.3 Å². The van der Waals surface area contributed by atoms with Gasteiger partial charge in [-0.1, -0.05) is 6.92 Å². The van der Waals surface area contributed by atoms with Gasteiger partial charge < -0.3 is 14.2 Å². The van der Waals surface area contributed by atoms with Crippen molar-refractivity contribution in [3.63, 3.8) is 0 Å². The average molecular weight is 214 g/mol. The minimum Gasteiger partial charge on any atom is -0.361 e. The Hall–Kier alpha value is -0.450. The SMILES string of the molecule is CC[C@H]1O[C@@H]1C(=O)CCC1(C)OCCO1. The van der Waals surface area contributed by atoms with Crippen molar-refractivity contribution in [1.82, 2.24) is 0 Å². The summed E-state index contributed by atoms with van der Waals surface area (Å²) in [6, 6.07) is 0. The van der Waals surface area contributed by atoms with Crippen LogP contribution in [0.4, 0.5) is 0 Å². The van der Waals surface area contributed by atoms with Gasteiger partial charge in [0.1, 0.15) is 6.10 Å². The average Bonchev–Trinajstić information content (AvgIpc) is 2.91. The van der Waals surface area contributed by atoms with Gasteiger partial charge in [-0.3, -0.25) is 4.79 Å². The molecular formula is C11H18O4. The van der Waals surface area contributed by atoms with E-state index in [4.69, 9.17) is 14.2 Å². The lowest BCUT2D eigenvalue weighted by Crippen LogP contribution is -2.27. The minimum absolute atomic E-state index is 0.153. The number of carbonyl (C=O) groups is 1. The molecule has 0 aliphatic carbocycles. The van der Waals surface area contributed by atoms with E-state index >= 15 is 0 Å². The van der Waals surface area contributed by atoms with E-state index in [9.17, 15) is 4.79 Å². The minimum atomic E-state index is -0.549. The van der Waals surface area contributed by atoms with E-state index in [1.54, 1.807) is 0 Å². The number of ether oxygens (including phenoxy) is 3. The van der Waals surface area contributed by atoms with Crippen LogP contribution >= 0.6 is 0 Å². The van der Waals surface area contributed by atoms with Gasteiger partial charge in [-0.15, -0.1) is 0 Å². The lowest BCUT2D eigenvalue weighted by Gasteiger charge is -2.21. The monoisotopic (exact) mass is 214 g/mol. The van der Waals surface area contributed by atoms with Crippen LogP contribution in [0.2, 0.25) is 0 Å². The van der Waals surface area contributed by atoms with Crippen molar-refractivity contribution in [3.8, 4) is 0 Å². The van der Waals surface area contributed by atoms with Gasteiger partial charge in [0.15, 0.2) is 11.6 Å². The highest BCUT2D eigenvalue weighted by molar-refractivity contribution is 5.85. The Balaban J connectivity index is 1.71. The maximum atomic E-state index is 11.6. The summed E-state index contributed by atoms with van der Waals surface area (Å²) in [4.78, 5) is 11.6. The summed E-state index contributed by atoms with van der Waals surface area (Å²) in [6.07, 6.45) is 2.04. The molecule has 15 heavy (non-hydrogen) atoms. The van der Waals surface area contributed by atoms with Crippen LogP contribution in [-0.2, 0) is 19.0 Å². The summed E-state index contributed by atoms with van der Waals surface area (Å²) >= 11 is 0. The van der Waals surface area contributed by atoms with Crippen LogP contribution in [0.3, 0.4) is 0 Å². The standard InChI is InChI=1S/C11H18O4/c1-3-9-10(15-9)8(12)4-5-11(2)13-6-7-14-11/h9-10H,3-7H2,1-2H3/t9-,10-/m1/s1. The molecule has 2 saturated heterocycles. The molecule has 0 spiro atoms.